The lowest BCUT2D eigenvalue weighted by atomic mass is 10.0. The van der Waals surface area contributed by atoms with Crippen LogP contribution in [0.5, 0.6) is 0 Å². The van der Waals surface area contributed by atoms with E-state index in [0.717, 1.165) is 61.6 Å². The van der Waals surface area contributed by atoms with E-state index in [4.69, 9.17) is 9.72 Å². The summed E-state index contributed by atoms with van der Waals surface area (Å²) >= 11 is 0. The monoisotopic (exact) mass is 403 g/mol. The maximum atomic E-state index is 13.1. The van der Waals surface area contributed by atoms with Crippen molar-refractivity contribution in [2.75, 3.05) is 38.2 Å². The van der Waals surface area contributed by atoms with E-state index in [1.807, 2.05) is 42.5 Å². The van der Waals surface area contributed by atoms with E-state index in [9.17, 15) is 4.79 Å². The number of rotatable bonds is 6. The molecule has 3 aromatic rings. The Hall–Kier alpha value is -2.76. The summed E-state index contributed by atoms with van der Waals surface area (Å²) in [6, 6.07) is 17.9. The number of hydrogen-bond acceptors (Lipinski definition) is 4. The SMILES string of the molecule is CC(C)c1cc(C(=O)Nc2ccc(CCN3CCOCC3)cc2)c2ccccc2n1. The van der Waals surface area contributed by atoms with Gasteiger partial charge < -0.3 is 10.1 Å². The minimum absolute atomic E-state index is 0.100. The van der Waals surface area contributed by atoms with Gasteiger partial charge in [-0.25, -0.2) is 0 Å². The first-order chi connectivity index (χ1) is 14.6. The Morgan fingerprint density at radius 1 is 1.10 bits per heavy atom. The number of aromatic nitrogens is 1. The van der Waals surface area contributed by atoms with Gasteiger partial charge in [-0.15, -0.1) is 0 Å². The summed E-state index contributed by atoms with van der Waals surface area (Å²) in [4.78, 5) is 20.2. The molecule has 0 unspecified atom stereocenters. The maximum Gasteiger partial charge on any atom is 0.256 e. The lowest BCUT2D eigenvalue weighted by Gasteiger charge is -2.26. The second-order valence-corrected chi connectivity index (χ2v) is 8.12. The molecule has 5 nitrogen and oxygen atoms in total. The summed E-state index contributed by atoms with van der Waals surface area (Å²) in [5.74, 6) is 0.156. The molecule has 1 fully saturated rings. The number of para-hydroxylation sites is 1. The molecule has 0 bridgehead atoms. The van der Waals surface area contributed by atoms with Crippen molar-refractivity contribution in [1.29, 1.82) is 0 Å². The van der Waals surface area contributed by atoms with Crippen LogP contribution in [0.15, 0.2) is 54.6 Å². The van der Waals surface area contributed by atoms with E-state index >= 15 is 0 Å². The van der Waals surface area contributed by atoms with Crippen molar-refractivity contribution in [1.82, 2.24) is 9.88 Å². The van der Waals surface area contributed by atoms with Gasteiger partial charge in [-0.2, -0.15) is 0 Å². The fraction of sp³-hybridized carbons (Fsp3) is 0.360. The van der Waals surface area contributed by atoms with Crippen LogP contribution in [0.25, 0.3) is 10.9 Å². The molecule has 1 aliphatic rings. The molecule has 5 heteroatoms. The highest BCUT2D eigenvalue weighted by molar-refractivity contribution is 6.12. The van der Waals surface area contributed by atoms with E-state index < -0.39 is 0 Å². The molecule has 1 aromatic heterocycles. The summed E-state index contributed by atoms with van der Waals surface area (Å²) in [6.45, 7) is 8.89. The maximum absolute atomic E-state index is 13.1. The standard InChI is InChI=1S/C25H29N3O2/c1-18(2)24-17-22(21-5-3-4-6-23(21)27-24)25(29)26-20-9-7-19(8-10-20)11-12-28-13-15-30-16-14-28/h3-10,17-18H,11-16H2,1-2H3,(H,26,29). The van der Waals surface area contributed by atoms with E-state index in [2.05, 4.69) is 36.2 Å². The van der Waals surface area contributed by atoms with Crippen LogP contribution in [0.3, 0.4) is 0 Å². The molecule has 4 rings (SSSR count). The number of hydrogen-bond donors (Lipinski definition) is 1. The van der Waals surface area contributed by atoms with Crippen LogP contribution >= 0.6 is 0 Å². The highest BCUT2D eigenvalue weighted by atomic mass is 16.5. The van der Waals surface area contributed by atoms with Crippen LogP contribution in [-0.4, -0.2) is 48.6 Å². The first-order valence-electron chi connectivity index (χ1n) is 10.7. The van der Waals surface area contributed by atoms with Gasteiger partial charge >= 0.3 is 0 Å². The van der Waals surface area contributed by atoms with Gasteiger partial charge in [-0.3, -0.25) is 14.7 Å². The normalized spacial score (nSPS) is 14.9. The number of nitrogens with zero attached hydrogens (tertiary/aromatic N) is 2. The number of anilines is 1. The van der Waals surface area contributed by atoms with Gasteiger partial charge in [0.1, 0.15) is 0 Å². The van der Waals surface area contributed by atoms with Gasteiger partial charge in [0, 0.05) is 36.4 Å². The highest BCUT2D eigenvalue weighted by Gasteiger charge is 2.15. The highest BCUT2D eigenvalue weighted by Crippen LogP contribution is 2.23. The average Bonchev–Trinajstić information content (AvgIpc) is 2.78. The van der Waals surface area contributed by atoms with Gasteiger partial charge in [0.15, 0.2) is 0 Å². The van der Waals surface area contributed by atoms with Gasteiger partial charge in [0.25, 0.3) is 5.91 Å². The second kappa shape index (κ2) is 9.37. The Balaban J connectivity index is 1.46. The largest absolute Gasteiger partial charge is 0.379 e. The molecule has 156 valence electrons. The topological polar surface area (TPSA) is 54.5 Å². The van der Waals surface area contributed by atoms with Gasteiger partial charge in [-0.05, 0) is 42.2 Å². The number of carbonyl (C=O) groups is 1. The summed E-state index contributed by atoms with van der Waals surface area (Å²) in [6.07, 6.45) is 1.00. The molecule has 2 aromatic carbocycles. The Kier molecular flexibility index (Phi) is 6.41. The van der Waals surface area contributed by atoms with Crippen molar-refractivity contribution >= 4 is 22.5 Å². The number of ether oxygens (including phenoxy) is 1. The molecular formula is C25H29N3O2. The molecule has 0 radical (unpaired) electrons. The van der Waals surface area contributed by atoms with Crippen molar-refractivity contribution in [2.24, 2.45) is 0 Å². The minimum Gasteiger partial charge on any atom is -0.379 e. The third-order valence-corrected chi connectivity index (χ3v) is 5.60. The number of benzene rings is 2. The van der Waals surface area contributed by atoms with Crippen molar-refractivity contribution in [2.45, 2.75) is 26.2 Å². The average molecular weight is 404 g/mol. The van der Waals surface area contributed by atoms with Gasteiger partial charge in [0.2, 0.25) is 0 Å². The Bertz CT molecular complexity index is 1010. The van der Waals surface area contributed by atoms with Crippen LogP contribution in [0.4, 0.5) is 5.69 Å². The number of morpholine rings is 1. The Labute approximate surface area is 178 Å². The number of fused-ring (bicyclic) bond motifs is 1. The van der Waals surface area contributed by atoms with Crippen LogP contribution < -0.4 is 5.32 Å². The van der Waals surface area contributed by atoms with Gasteiger partial charge in [0.05, 0.1) is 24.3 Å². The summed E-state index contributed by atoms with van der Waals surface area (Å²) < 4.78 is 5.40. The first kappa shape index (κ1) is 20.5. The number of pyridine rings is 1. The van der Waals surface area contributed by atoms with Crippen LogP contribution in [0.2, 0.25) is 0 Å². The van der Waals surface area contributed by atoms with Crippen molar-refractivity contribution < 1.29 is 9.53 Å². The van der Waals surface area contributed by atoms with E-state index in [0.29, 0.717) is 5.56 Å². The fourth-order valence-corrected chi connectivity index (χ4v) is 3.74. The molecule has 0 aliphatic carbocycles. The molecule has 0 atom stereocenters. The van der Waals surface area contributed by atoms with Gasteiger partial charge in [-0.1, -0.05) is 44.2 Å². The van der Waals surface area contributed by atoms with Crippen molar-refractivity contribution in [3.63, 3.8) is 0 Å². The lowest BCUT2D eigenvalue weighted by Crippen LogP contribution is -2.37. The molecule has 1 amide bonds. The summed E-state index contributed by atoms with van der Waals surface area (Å²) in [5, 5.41) is 3.93. The Morgan fingerprint density at radius 2 is 1.83 bits per heavy atom. The zero-order chi connectivity index (χ0) is 20.9. The number of nitrogens with one attached hydrogen (secondary N) is 1. The van der Waals surface area contributed by atoms with Crippen LogP contribution in [-0.2, 0) is 11.2 Å². The number of amides is 1. The second-order valence-electron chi connectivity index (χ2n) is 8.12. The molecule has 1 N–H and O–H groups in total. The molecule has 1 aliphatic heterocycles. The molecule has 2 heterocycles. The van der Waals surface area contributed by atoms with E-state index in [1.165, 1.54) is 5.56 Å². The molecule has 1 saturated heterocycles. The zero-order valence-electron chi connectivity index (χ0n) is 17.7. The molecule has 30 heavy (non-hydrogen) atoms. The summed E-state index contributed by atoms with van der Waals surface area (Å²) in [7, 11) is 0. The Morgan fingerprint density at radius 3 is 2.57 bits per heavy atom. The van der Waals surface area contributed by atoms with Crippen LogP contribution in [0, 0.1) is 0 Å². The van der Waals surface area contributed by atoms with Crippen molar-refractivity contribution in [3.8, 4) is 0 Å². The van der Waals surface area contributed by atoms with Crippen LogP contribution in [0.1, 0.15) is 41.4 Å². The third kappa shape index (κ3) is 4.86. The predicted octanol–water partition coefficient (Wildman–Crippen LogP) is 4.49. The molecular weight excluding hydrogens is 374 g/mol. The fourth-order valence-electron chi connectivity index (χ4n) is 3.74. The quantitative estimate of drug-likeness (QED) is 0.659. The van der Waals surface area contributed by atoms with E-state index in [1.54, 1.807) is 0 Å². The minimum atomic E-state index is -0.100. The lowest BCUT2D eigenvalue weighted by molar-refractivity contribution is 0.0384. The molecule has 0 spiro atoms. The zero-order valence-corrected chi connectivity index (χ0v) is 17.7. The molecule has 0 saturated carbocycles. The first-order valence-corrected chi connectivity index (χ1v) is 10.7. The van der Waals surface area contributed by atoms with E-state index in [-0.39, 0.29) is 11.8 Å². The predicted molar refractivity (Wildman–Crippen MR) is 121 cm³/mol. The third-order valence-electron chi connectivity index (χ3n) is 5.60. The summed E-state index contributed by atoms with van der Waals surface area (Å²) in [5.41, 5.74) is 4.53. The number of carbonyl (C=O) groups excluding carboxylic acids is 1. The smallest absolute Gasteiger partial charge is 0.256 e. The van der Waals surface area contributed by atoms with Crippen molar-refractivity contribution in [3.05, 3.63) is 71.4 Å².